The van der Waals surface area contributed by atoms with Crippen molar-refractivity contribution in [3.63, 3.8) is 0 Å². The van der Waals surface area contributed by atoms with Crippen LogP contribution < -0.4 is 15.5 Å². The fourth-order valence-corrected chi connectivity index (χ4v) is 1.96. The lowest BCUT2D eigenvalue weighted by Gasteiger charge is -2.06. The number of rotatable bonds is 9. The number of unbranched alkanes of at least 4 members (excludes halogenated alkanes) is 2. The van der Waals surface area contributed by atoms with E-state index in [9.17, 15) is 4.79 Å². The number of nitrogens with zero attached hydrogens (tertiary/aromatic N) is 1. The van der Waals surface area contributed by atoms with Gasteiger partial charge in [0.05, 0.1) is 20.4 Å². The molecule has 1 aromatic rings. The van der Waals surface area contributed by atoms with Gasteiger partial charge in [0, 0.05) is 13.0 Å². The molecule has 0 fully saturated rings. The number of hydrazone groups is 1. The number of esters is 1. The Kier molecular flexibility index (Phi) is 9.38. The van der Waals surface area contributed by atoms with Gasteiger partial charge in [-0.05, 0) is 42.8 Å². The van der Waals surface area contributed by atoms with Crippen molar-refractivity contribution >= 4 is 29.5 Å². The van der Waals surface area contributed by atoms with Crippen molar-refractivity contribution in [3.8, 4) is 5.75 Å². The highest BCUT2D eigenvalue weighted by Gasteiger charge is 1.99. The van der Waals surface area contributed by atoms with Crippen LogP contribution in [0.1, 0.15) is 31.2 Å². The fourth-order valence-electron chi connectivity index (χ4n) is 1.80. The zero-order chi connectivity index (χ0) is 16.9. The summed E-state index contributed by atoms with van der Waals surface area (Å²) >= 11 is 5.12. The number of carbonyl (C=O) groups is 1. The number of hydrogen-bond acceptors (Lipinski definition) is 5. The maximum atomic E-state index is 10.9. The first-order chi connectivity index (χ1) is 11.2. The first-order valence-corrected chi connectivity index (χ1v) is 7.84. The molecule has 0 spiro atoms. The average Bonchev–Trinajstić information content (AvgIpc) is 2.57. The molecule has 0 radical (unpaired) electrons. The molecule has 0 aliphatic rings. The first-order valence-electron chi connectivity index (χ1n) is 7.43. The van der Waals surface area contributed by atoms with Crippen molar-refractivity contribution in [2.24, 2.45) is 5.10 Å². The second-order valence-electron chi connectivity index (χ2n) is 4.79. The Hall–Kier alpha value is -2.15. The zero-order valence-corrected chi connectivity index (χ0v) is 14.3. The molecule has 7 heteroatoms. The Bertz CT molecular complexity index is 535. The third kappa shape index (κ3) is 8.77. The summed E-state index contributed by atoms with van der Waals surface area (Å²) in [4.78, 5) is 10.9. The third-order valence-corrected chi connectivity index (χ3v) is 3.28. The van der Waals surface area contributed by atoms with Gasteiger partial charge in [-0.25, -0.2) is 0 Å². The Morgan fingerprint density at radius 2 is 2.13 bits per heavy atom. The smallest absolute Gasteiger partial charge is 0.305 e. The number of benzene rings is 1. The highest BCUT2D eigenvalue weighted by molar-refractivity contribution is 7.80. The van der Waals surface area contributed by atoms with Crippen molar-refractivity contribution in [1.29, 1.82) is 0 Å². The largest absolute Gasteiger partial charge is 0.497 e. The van der Waals surface area contributed by atoms with E-state index < -0.39 is 0 Å². The van der Waals surface area contributed by atoms with Gasteiger partial charge in [0.1, 0.15) is 5.75 Å². The fraction of sp³-hybridized carbons (Fsp3) is 0.438. The molecule has 0 amide bonds. The van der Waals surface area contributed by atoms with Crippen LogP contribution in [0, 0.1) is 0 Å². The van der Waals surface area contributed by atoms with Crippen LogP contribution in [0.3, 0.4) is 0 Å². The summed E-state index contributed by atoms with van der Waals surface area (Å²) in [7, 11) is 3.03. The predicted molar refractivity (Wildman–Crippen MR) is 94.8 cm³/mol. The van der Waals surface area contributed by atoms with Crippen molar-refractivity contribution in [2.75, 3.05) is 20.8 Å². The monoisotopic (exact) mass is 337 g/mol. The van der Waals surface area contributed by atoms with Crippen LogP contribution in [-0.2, 0) is 9.53 Å². The molecule has 0 unspecified atom stereocenters. The van der Waals surface area contributed by atoms with Gasteiger partial charge in [0.2, 0.25) is 0 Å². The van der Waals surface area contributed by atoms with Crippen molar-refractivity contribution in [2.45, 2.75) is 25.7 Å². The van der Waals surface area contributed by atoms with Crippen molar-refractivity contribution < 1.29 is 14.3 Å². The zero-order valence-electron chi connectivity index (χ0n) is 13.5. The highest BCUT2D eigenvalue weighted by atomic mass is 32.1. The lowest BCUT2D eigenvalue weighted by atomic mass is 10.2. The molecule has 6 nitrogen and oxygen atoms in total. The van der Waals surface area contributed by atoms with Gasteiger partial charge in [0.15, 0.2) is 5.11 Å². The highest BCUT2D eigenvalue weighted by Crippen LogP contribution is 2.10. The molecule has 0 aliphatic heterocycles. The second-order valence-corrected chi connectivity index (χ2v) is 5.20. The molecule has 0 atom stereocenters. The SMILES string of the molecule is COC(=O)CCCCCNC(=S)N/N=C\c1cccc(OC)c1. The normalized spacial score (nSPS) is 10.3. The van der Waals surface area contributed by atoms with E-state index in [4.69, 9.17) is 17.0 Å². The molecule has 0 aliphatic carbocycles. The summed E-state index contributed by atoms with van der Waals surface area (Å²) in [6, 6.07) is 7.57. The van der Waals surface area contributed by atoms with Crippen molar-refractivity contribution in [1.82, 2.24) is 10.7 Å². The number of nitrogens with one attached hydrogen (secondary N) is 2. The topological polar surface area (TPSA) is 72.0 Å². The average molecular weight is 337 g/mol. The molecule has 1 aromatic carbocycles. The molecule has 0 saturated heterocycles. The minimum absolute atomic E-state index is 0.165. The van der Waals surface area contributed by atoms with Crippen LogP contribution in [-0.4, -0.2) is 38.1 Å². The number of ether oxygens (including phenoxy) is 2. The molecule has 0 aromatic heterocycles. The van der Waals surface area contributed by atoms with Crippen LogP contribution in [0.4, 0.5) is 0 Å². The Labute approximate surface area is 142 Å². The van der Waals surface area contributed by atoms with E-state index in [0.717, 1.165) is 37.1 Å². The maximum Gasteiger partial charge on any atom is 0.305 e. The standard InChI is InChI=1S/C16H23N3O3S/c1-21-14-8-6-7-13(11-14)12-18-19-16(23)17-10-5-3-4-9-15(20)22-2/h6-8,11-12H,3-5,9-10H2,1-2H3,(H2,17,19,23)/b18-12-. The molecule has 126 valence electrons. The summed E-state index contributed by atoms with van der Waals surface area (Å²) in [5, 5.41) is 7.60. The molecule has 2 N–H and O–H groups in total. The predicted octanol–water partition coefficient (Wildman–Crippen LogP) is 2.23. The van der Waals surface area contributed by atoms with Crippen LogP contribution in [0.2, 0.25) is 0 Å². The van der Waals surface area contributed by atoms with Crippen LogP contribution in [0.25, 0.3) is 0 Å². The Balaban J connectivity index is 2.14. The van der Waals surface area contributed by atoms with Crippen molar-refractivity contribution in [3.05, 3.63) is 29.8 Å². The Morgan fingerprint density at radius 1 is 1.30 bits per heavy atom. The Morgan fingerprint density at radius 3 is 2.87 bits per heavy atom. The van der Waals surface area contributed by atoms with Gasteiger partial charge in [-0.1, -0.05) is 18.6 Å². The van der Waals surface area contributed by atoms with Gasteiger partial charge < -0.3 is 14.8 Å². The molecular weight excluding hydrogens is 314 g/mol. The summed E-state index contributed by atoms with van der Waals surface area (Å²) < 4.78 is 9.72. The lowest BCUT2D eigenvalue weighted by Crippen LogP contribution is -2.32. The van der Waals surface area contributed by atoms with Crippen LogP contribution in [0.5, 0.6) is 5.75 Å². The molecule has 1 rings (SSSR count). The first kappa shape index (κ1) is 18.9. The lowest BCUT2D eigenvalue weighted by molar-refractivity contribution is -0.140. The molecule has 0 bridgehead atoms. The number of carbonyl (C=O) groups excluding carboxylic acids is 1. The van der Waals surface area contributed by atoms with E-state index >= 15 is 0 Å². The van der Waals surface area contributed by atoms with Gasteiger partial charge >= 0.3 is 5.97 Å². The number of thiocarbonyl (C=S) groups is 1. The minimum Gasteiger partial charge on any atom is -0.497 e. The van der Waals surface area contributed by atoms with Gasteiger partial charge in [0.25, 0.3) is 0 Å². The number of methoxy groups -OCH3 is 2. The maximum absolute atomic E-state index is 10.9. The summed E-state index contributed by atoms with van der Waals surface area (Å²) in [5.41, 5.74) is 3.68. The molecule has 0 saturated carbocycles. The van der Waals surface area contributed by atoms with Crippen LogP contribution in [0.15, 0.2) is 29.4 Å². The summed E-state index contributed by atoms with van der Waals surface area (Å²) in [6.07, 6.45) is 4.83. The quantitative estimate of drug-likeness (QED) is 0.237. The van der Waals surface area contributed by atoms with E-state index in [1.807, 2.05) is 24.3 Å². The van der Waals surface area contributed by atoms with Gasteiger partial charge in [-0.15, -0.1) is 0 Å². The molecule has 0 heterocycles. The van der Waals surface area contributed by atoms with Crippen LogP contribution >= 0.6 is 12.2 Å². The molecular formula is C16H23N3O3S. The third-order valence-electron chi connectivity index (χ3n) is 3.04. The van der Waals surface area contributed by atoms with E-state index in [1.165, 1.54) is 7.11 Å². The van der Waals surface area contributed by atoms with E-state index in [2.05, 4.69) is 20.6 Å². The second kappa shape index (κ2) is 11.4. The van der Waals surface area contributed by atoms with E-state index in [1.54, 1.807) is 13.3 Å². The van der Waals surface area contributed by atoms with E-state index in [-0.39, 0.29) is 5.97 Å². The summed E-state index contributed by atoms with van der Waals surface area (Å²) in [6.45, 7) is 0.738. The van der Waals surface area contributed by atoms with Gasteiger partial charge in [-0.3, -0.25) is 10.2 Å². The summed E-state index contributed by atoms with van der Waals surface area (Å²) in [5.74, 6) is 0.614. The molecule has 23 heavy (non-hydrogen) atoms. The number of hydrogen-bond donors (Lipinski definition) is 2. The minimum atomic E-state index is -0.165. The van der Waals surface area contributed by atoms with E-state index in [0.29, 0.717) is 11.5 Å². The van der Waals surface area contributed by atoms with Gasteiger partial charge in [-0.2, -0.15) is 5.10 Å².